The number of hydrogen-bond acceptors (Lipinski definition) is 11. The first kappa shape index (κ1) is 39.5. The van der Waals surface area contributed by atoms with Crippen LogP contribution in [-0.2, 0) is 25.6 Å². The van der Waals surface area contributed by atoms with E-state index in [9.17, 15) is 24.0 Å². The molecule has 0 spiro atoms. The number of nitrogens with one attached hydrogen (secondary N) is 3. The van der Waals surface area contributed by atoms with E-state index in [4.69, 9.17) is 43.5 Å². The number of carbonyl (C=O) groups is 5. The molecule has 2 aromatic rings. The summed E-state index contributed by atoms with van der Waals surface area (Å²) in [5.41, 5.74) is 19.2. The topological polar surface area (TPSA) is 248 Å². The Hall–Kier alpha value is -4.95. The van der Waals surface area contributed by atoms with E-state index >= 15 is 0 Å². The molecule has 1 aliphatic rings. The number of nitrogens with zero attached hydrogens (tertiary/aromatic N) is 3. The van der Waals surface area contributed by atoms with E-state index in [-0.39, 0.29) is 52.2 Å². The van der Waals surface area contributed by atoms with Crippen molar-refractivity contribution in [1.29, 1.82) is 5.26 Å². The summed E-state index contributed by atoms with van der Waals surface area (Å²) in [4.78, 5) is 69.0. The molecular formula is C33H44ClN9O7. The monoisotopic (exact) mass is 713 g/mol. The molecule has 0 saturated heterocycles. The molecule has 4 bridgehead atoms. The van der Waals surface area contributed by atoms with Gasteiger partial charge in [0.25, 0.3) is 0 Å². The number of nitriles is 1. The van der Waals surface area contributed by atoms with Crippen LogP contribution in [-0.4, -0.2) is 110 Å². The SMILES string of the molecule is C[C@@H]1NC(=O)[C@@H](N(C)C(=O)[C@H](CCN)N(C)C(=O)Cl)c2ccc(OCCN)c(c2)-c2cc(ccc2OCCN)C[C@@H](C(=O)NCC#N)NC1=O. The van der Waals surface area contributed by atoms with Gasteiger partial charge in [-0.25, -0.2) is 0 Å². The number of carbonyl (C=O) groups excluding carboxylic acids is 5. The van der Waals surface area contributed by atoms with Crippen LogP contribution < -0.4 is 42.6 Å². The molecule has 0 radical (unpaired) electrons. The van der Waals surface area contributed by atoms with E-state index in [1.54, 1.807) is 36.4 Å². The molecule has 0 fully saturated rings. The molecule has 16 nitrogen and oxygen atoms in total. The zero-order chi connectivity index (χ0) is 37.0. The van der Waals surface area contributed by atoms with Gasteiger partial charge < -0.3 is 52.4 Å². The van der Waals surface area contributed by atoms with E-state index in [1.165, 1.54) is 21.0 Å². The number of halogens is 1. The predicted molar refractivity (Wildman–Crippen MR) is 185 cm³/mol. The van der Waals surface area contributed by atoms with Crippen LogP contribution in [0.2, 0.25) is 0 Å². The highest BCUT2D eigenvalue weighted by Crippen LogP contribution is 2.40. The molecule has 2 aromatic carbocycles. The van der Waals surface area contributed by atoms with Gasteiger partial charge in [-0.1, -0.05) is 12.1 Å². The molecular weight excluding hydrogens is 670 g/mol. The number of likely N-dealkylation sites (N-methyl/N-ethyl adjacent to an activating group) is 2. The van der Waals surface area contributed by atoms with Crippen LogP contribution in [0.4, 0.5) is 4.79 Å². The van der Waals surface area contributed by atoms with Gasteiger partial charge in [0.1, 0.15) is 55.4 Å². The summed E-state index contributed by atoms with van der Waals surface area (Å²) >= 11 is 5.73. The highest BCUT2D eigenvalue weighted by molar-refractivity contribution is 6.62. The van der Waals surface area contributed by atoms with Crippen molar-refractivity contribution in [3.8, 4) is 28.7 Å². The van der Waals surface area contributed by atoms with E-state index in [0.29, 0.717) is 33.8 Å². The van der Waals surface area contributed by atoms with Crippen molar-refractivity contribution in [1.82, 2.24) is 25.8 Å². The Bertz CT molecular complexity index is 1600. The van der Waals surface area contributed by atoms with E-state index in [1.807, 2.05) is 6.07 Å². The Morgan fingerprint density at radius 1 is 0.980 bits per heavy atom. The van der Waals surface area contributed by atoms with Crippen molar-refractivity contribution in [2.45, 2.75) is 43.9 Å². The molecule has 17 heteroatoms. The van der Waals surface area contributed by atoms with Gasteiger partial charge in [0.2, 0.25) is 23.6 Å². The maximum atomic E-state index is 14.2. The molecule has 0 unspecified atom stereocenters. The van der Waals surface area contributed by atoms with Crippen molar-refractivity contribution in [3.63, 3.8) is 0 Å². The Labute approximate surface area is 295 Å². The lowest BCUT2D eigenvalue weighted by molar-refractivity contribution is -0.143. The highest BCUT2D eigenvalue weighted by atomic mass is 35.5. The summed E-state index contributed by atoms with van der Waals surface area (Å²) in [5.74, 6) is -1.90. The van der Waals surface area contributed by atoms with Crippen molar-refractivity contribution in [2.24, 2.45) is 17.2 Å². The average Bonchev–Trinajstić information content (AvgIpc) is 3.10. The summed E-state index contributed by atoms with van der Waals surface area (Å²) in [5, 5.41) is 15.9. The number of benzene rings is 2. The van der Waals surface area contributed by atoms with Crippen molar-refractivity contribution in [3.05, 3.63) is 47.5 Å². The Morgan fingerprint density at radius 3 is 2.18 bits per heavy atom. The highest BCUT2D eigenvalue weighted by Gasteiger charge is 2.37. The fourth-order valence-electron chi connectivity index (χ4n) is 5.46. The lowest BCUT2D eigenvalue weighted by Crippen LogP contribution is -2.56. The molecule has 9 N–H and O–H groups in total. The Kier molecular flexibility index (Phi) is 14.8. The molecule has 3 rings (SSSR count). The summed E-state index contributed by atoms with van der Waals surface area (Å²) < 4.78 is 12.0. The van der Waals surface area contributed by atoms with Crippen LogP contribution >= 0.6 is 11.6 Å². The smallest absolute Gasteiger partial charge is 0.316 e. The van der Waals surface area contributed by atoms with Gasteiger partial charge in [-0.3, -0.25) is 24.0 Å². The average molecular weight is 714 g/mol. The molecule has 5 amide bonds. The molecule has 0 aromatic heterocycles. The van der Waals surface area contributed by atoms with Crippen LogP contribution in [0.15, 0.2) is 36.4 Å². The minimum atomic E-state index is -1.35. The van der Waals surface area contributed by atoms with Gasteiger partial charge in [0.15, 0.2) is 0 Å². The van der Waals surface area contributed by atoms with E-state index < -0.39 is 53.2 Å². The second kappa shape index (κ2) is 18.7. The second-order valence-electron chi connectivity index (χ2n) is 11.5. The van der Waals surface area contributed by atoms with Crippen LogP contribution in [0.3, 0.4) is 0 Å². The third-order valence-corrected chi connectivity index (χ3v) is 8.29. The summed E-state index contributed by atoms with van der Waals surface area (Å²) in [6.45, 7) is 1.90. The summed E-state index contributed by atoms with van der Waals surface area (Å²) in [7, 11) is 2.74. The third-order valence-electron chi connectivity index (χ3n) is 8.02. The van der Waals surface area contributed by atoms with Crippen molar-refractivity contribution in [2.75, 3.05) is 53.5 Å². The quantitative estimate of drug-likeness (QED) is 0.0895. The van der Waals surface area contributed by atoms with E-state index in [0.717, 1.165) is 9.80 Å². The molecule has 50 heavy (non-hydrogen) atoms. The lowest BCUT2D eigenvalue weighted by Gasteiger charge is -2.34. The fraction of sp³-hybridized carbons (Fsp3) is 0.455. The maximum Gasteiger partial charge on any atom is 0.316 e. The number of amides is 5. The normalized spacial score (nSPS) is 17.9. The second-order valence-corrected chi connectivity index (χ2v) is 11.9. The van der Waals surface area contributed by atoms with Gasteiger partial charge in [-0.15, -0.1) is 0 Å². The van der Waals surface area contributed by atoms with Crippen molar-refractivity contribution < 1.29 is 33.4 Å². The first-order chi connectivity index (χ1) is 23.9. The number of ether oxygens (including phenoxy) is 2. The standard InChI is InChI=1S/C33H44ClN9O7/c1-19-29(44)41-24(30(45)39-13-10-36)17-20-4-6-26(49-14-11-37)22(16-20)23-18-21(5-7-27(23)50-15-12-38)28(31(46)40-19)43(3)32(47)25(8-9-35)42(2)33(34)48/h4-7,16,18-19,24-25,28H,8-9,11-15,17,35,37-38H2,1-3H3,(H,39,45)(H,40,46)(H,41,44)/t19-,24-,25-,28-/m0/s1. The number of hydrogen-bond donors (Lipinski definition) is 6. The molecule has 1 aliphatic heterocycles. The molecule has 270 valence electrons. The van der Waals surface area contributed by atoms with Gasteiger partial charge in [0, 0.05) is 44.7 Å². The van der Waals surface area contributed by atoms with Gasteiger partial charge in [-0.05, 0) is 66.9 Å². The number of fused-ring (bicyclic) bond motifs is 5. The number of rotatable bonds is 13. The van der Waals surface area contributed by atoms with Crippen LogP contribution in [0.25, 0.3) is 11.1 Å². The molecule has 4 atom stereocenters. The molecule has 0 saturated carbocycles. The minimum Gasteiger partial charge on any atom is -0.492 e. The largest absolute Gasteiger partial charge is 0.492 e. The predicted octanol–water partition coefficient (Wildman–Crippen LogP) is -0.279. The first-order valence-electron chi connectivity index (χ1n) is 16.0. The molecule has 1 heterocycles. The van der Waals surface area contributed by atoms with Crippen molar-refractivity contribution >= 4 is 40.6 Å². The van der Waals surface area contributed by atoms with E-state index in [2.05, 4.69) is 16.0 Å². The van der Waals surface area contributed by atoms with Gasteiger partial charge in [-0.2, -0.15) is 5.26 Å². The molecule has 0 aliphatic carbocycles. The zero-order valence-corrected chi connectivity index (χ0v) is 29.0. The Balaban J connectivity index is 2.32. The fourth-order valence-corrected chi connectivity index (χ4v) is 5.58. The first-order valence-corrected chi connectivity index (χ1v) is 16.3. The lowest BCUT2D eigenvalue weighted by atomic mass is 9.93. The summed E-state index contributed by atoms with van der Waals surface area (Å²) in [6, 6.07) is 7.14. The number of nitrogens with two attached hydrogens (primary N) is 3. The van der Waals surface area contributed by atoms with Crippen LogP contribution in [0, 0.1) is 11.3 Å². The third kappa shape index (κ3) is 9.82. The van der Waals surface area contributed by atoms with Gasteiger partial charge in [0.05, 0.1) is 6.07 Å². The minimum absolute atomic E-state index is 0.0156. The Morgan fingerprint density at radius 2 is 1.60 bits per heavy atom. The summed E-state index contributed by atoms with van der Waals surface area (Å²) in [6.07, 6.45) is 0.0635. The van der Waals surface area contributed by atoms with Gasteiger partial charge >= 0.3 is 5.37 Å². The van der Waals surface area contributed by atoms with Crippen LogP contribution in [0.1, 0.15) is 30.5 Å². The van der Waals surface area contributed by atoms with Crippen LogP contribution in [0.5, 0.6) is 11.5 Å². The zero-order valence-electron chi connectivity index (χ0n) is 28.2. The maximum absolute atomic E-state index is 14.2.